The van der Waals surface area contributed by atoms with Crippen LogP contribution in [0.3, 0.4) is 0 Å². The van der Waals surface area contributed by atoms with Gasteiger partial charge in [-0.2, -0.15) is 11.8 Å². The largest absolute Gasteiger partial charge is 0.161 e. The Morgan fingerprint density at radius 3 is 2.57 bits per heavy atom. The molecule has 0 aliphatic carbocycles. The van der Waals surface area contributed by atoms with E-state index in [-0.39, 0.29) is 0 Å². The molecule has 0 aliphatic heterocycles. The van der Waals surface area contributed by atoms with E-state index in [0.717, 1.165) is 5.75 Å². The molecule has 0 aliphatic rings. The molecule has 0 N–H and O–H groups in total. The smallest absolute Gasteiger partial charge is 0.0211 e. The molecule has 2 rings (SSSR count). The third-order valence-corrected chi connectivity index (χ3v) is 3.74. The maximum atomic E-state index is 2.41. The minimum atomic E-state index is 1.09. The SMILES string of the molecule is CSCc1cccc2cccc(I)c12. The second-order valence-electron chi connectivity index (χ2n) is 3.19. The van der Waals surface area contributed by atoms with E-state index in [2.05, 4.69) is 65.2 Å². The van der Waals surface area contributed by atoms with Gasteiger partial charge in [0.2, 0.25) is 0 Å². The molecule has 0 spiro atoms. The summed E-state index contributed by atoms with van der Waals surface area (Å²) in [6.45, 7) is 0. The Kier molecular flexibility index (Phi) is 3.34. The second-order valence-corrected chi connectivity index (χ2v) is 5.22. The van der Waals surface area contributed by atoms with Gasteiger partial charge < -0.3 is 0 Å². The summed E-state index contributed by atoms with van der Waals surface area (Å²) in [5, 5.41) is 2.77. The van der Waals surface area contributed by atoms with Gasteiger partial charge in [0.25, 0.3) is 0 Å². The highest BCUT2D eigenvalue weighted by atomic mass is 127. The molecule has 0 bridgehead atoms. The van der Waals surface area contributed by atoms with E-state index in [0.29, 0.717) is 0 Å². The van der Waals surface area contributed by atoms with E-state index < -0.39 is 0 Å². The van der Waals surface area contributed by atoms with Crippen molar-refractivity contribution in [2.75, 3.05) is 6.26 Å². The Morgan fingerprint density at radius 1 is 1.14 bits per heavy atom. The molecule has 2 aromatic carbocycles. The van der Waals surface area contributed by atoms with Crippen LogP contribution in [0, 0.1) is 3.57 Å². The maximum Gasteiger partial charge on any atom is 0.0211 e. The topological polar surface area (TPSA) is 0 Å². The van der Waals surface area contributed by atoms with E-state index in [1.165, 1.54) is 19.9 Å². The summed E-state index contributed by atoms with van der Waals surface area (Å²) in [7, 11) is 0. The fraction of sp³-hybridized carbons (Fsp3) is 0.167. The van der Waals surface area contributed by atoms with Gasteiger partial charge in [0, 0.05) is 9.32 Å². The first kappa shape index (κ1) is 10.3. The van der Waals surface area contributed by atoms with Gasteiger partial charge in [0.1, 0.15) is 0 Å². The number of hydrogen-bond donors (Lipinski definition) is 0. The van der Waals surface area contributed by atoms with Crippen molar-refractivity contribution in [1.29, 1.82) is 0 Å². The van der Waals surface area contributed by atoms with Crippen molar-refractivity contribution in [3.8, 4) is 0 Å². The number of benzene rings is 2. The first-order valence-corrected chi connectivity index (χ1v) is 6.95. The minimum absolute atomic E-state index is 1.09. The van der Waals surface area contributed by atoms with Crippen LogP contribution < -0.4 is 0 Å². The zero-order chi connectivity index (χ0) is 9.97. The maximum absolute atomic E-state index is 2.41. The standard InChI is InChI=1S/C12H11IS/c1-14-8-10-6-2-4-9-5-3-7-11(13)12(9)10/h2-7H,8H2,1H3. The van der Waals surface area contributed by atoms with Crippen molar-refractivity contribution in [3.63, 3.8) is 0 Å². The molecule has 0 aromatic heterocycles. The highest BCUT2D eigenvalue weighted by molar-refractivity contribution is 14.1. The van der Waals surface area contributed by atoms with Crippen LogP contribution in [0.5, 0.6) is 0 Å². The molecule has 0 nitrogen and oxygen atoms in total. The van der Waals surface area contributed by atoms with Crippen LogP contribution in [0.15, 0.2) is 36.4 Å². The Balaban J connectivity index is 2.71. The molecular weight excluding hydrogens is 303 g/mol. The number of hydrogen-bond acceptors (Lipinski definition) is 1. The minimum Gasteiger partial charge on any atom is -0.161 e. The van der Waals surface area contributed by atoms with Crippen molar-refractivity contribution in [2.45, 2.75) is 5.75 Å². The van der Waals surface area contributed by atoms with Gasteiger partial charge in [-0.25, -0.2) is 0 Å². The molecule has 2 aromatic rings. The van der Waals surface area contributed by atoms with Crippen molar-refractivity contribution >= 4 is 45.1 Å². The number of halogens is 1. The Labute approximate surface area is 102 Å². The summed E-state index contributed by atoms with van der Waals surface area (Å²) in [5.74, 6) is 1.09. The number of rotatable bonds is 2. The lowest BCUT2D eigenvalue weighted by atomic mass is 10.1. The summed E-state index contributed by atoms with van der Waals surface area (Å²) in [5.41, 5.74) is 1.44. The molecule has 0 unspecified atom stereocenters. The molecule has 0 saturated carbocycles. The first-order valence-electron chi connectivity index (χ1n) is 4.48. The van der Waals surface area contributed by atoms with Crippen molar-refractivity contribution in [1.82, 2.24) is 0 Å². The Bertz CT molecular complexity index is 446. The second kappa shape index (κ2) is 4.53. The van der Waals surface area contributed by atoms with Gasteiger partial charge in [-0.15, -0.1) is 0 Å². The molecule has 0 saturated heterocycles. The van der Waals surface area contributed by atoms with Crippen molar-refractivity contribution in [3.05, 3.63) is 45.5 Å². The van der Waals surface area contributed by atoms with Gasteiger partial charge in [-0.05, 0) is 51.2 Å². The molecule has 0 heterocycles. The van der Waals surface area contributed by atoms with Gasteiger partial charge in [-0.3, -0.25) is 0 Å². The zero-order valence-electron chi connectivity index (χ0n) is 7.96. The molecule has 0 fully saturated rings. The van der Waals surface area contributed by atoms with E-state index in [1.54, 1.807) is 0 Å². The lowest BCUT2D eigenvalue weighted by molar-refractivity contribution is 1.46. The summed E-state index contributed by atoms with van der Waals surface area (Å²) in [6.07, 6.45) is 2.15. The molecular formula is C12H11IS. The van der Waals surface area contributed by atoms with Crippen LogP contribution >= 0.6 is 34.4 Å². The third-order valence-electron chi connectivity index (χ3n) is 2.24. The van der Waals surface area contributed by atoms with Crippen LogP contribution in [0.2, 0.25) is 0 Å². The van der Waals surface area contributed by atoms with Crippen LogP contribution in [0.25, 0.3) is 10.8 Å². The lowest BCUT2D eigenvalue weighted by Crippen LogP contribution is -1.86. The average molecular weight is 314 g/mol. The molecule has 2 heteroatoms. The van der Waals surface area contributed by atoms with Crippen molar-refractivity contribution in [2.24, 2.45) is 0 Å². The Morgan fingerprint density at radius 2 is 1.86 bits per heavy atom. The zero-order valence-corrected chi connectivity index (χ0v) is 10.9. The first-order chi connectivity index (χ1) is 6.83. The van der Waals surface area contributed by atoms with Crippen LogP contribution in [-0.4, -0.2) is 6.26 Å². The van der Waals surface area contributed by atoms with E-state index >= 15 is 0 Å². The monoisotopic (exact) mass is 314 g/mol. The van der Waals surface area contributed by atoms with E-state index in [4.69, 9.17) is 0 Å². The van der Waals surface area contributed by atoms with Gasteiger partial charge in [0.15, 0.2) is 0 Å². The highest BCUT2D eigenvalue weighted by Gasteiger charge is 2.02. The fourth-order valence-corrected chi connectivity index (χ4v) is 3.06. The van der Waals surface area contributed by atoms with Crippen LogP contribution in [0.1, 0.15) is 5.56 Å². The predicted molar refractivity (Wildman–Crippen MR) is 73.9 cm³/mol. The normalized spacial score (nSPS) is 10.7. The van der Waals surface area contributed by atoms with E-state index in [1.807, 2.05) is 11.8 Å². The average Bonchev–Trinajstić information content (AvgIpc) is 2.19. The Hall–Kier alpha value is -0.220. The summed E-state index contributed by atoms with van der Waals surface area (Å²) in [4.78, 5) is 0. The summed E-state index contributed by atoms with van der Waals surface area (Å²) < 4.78 is 1.35. The molecule has 72 valence electrons. The number of fused-ring (bicyclic) bond motifs is 1. The van der Waals surface area contributed by atoms with Crippen LogP contribution in [0.4, 0.5) is 0 Å². The van der Waals surface area contributed by atoms with Gasteiger partial charge in [0.05, 0.1) is 0 Å². The van der Waals surface area contributed by atoms with Gasteiger partial charge >= 0.3 is 0 Å². The lowest BCUT2D eigenvalue weighted by Gasteiger charge is -2.06. The quantitative estimate of drug-likeness (QED) is 0.745. The molecule has 0 radical (unpaired) electrons. The predicted octanol–water partition coefficient (Wildman–Crippen LogP) is 4.31. The highest BCUT2D eigenvalue weighted by Crippen LogP contribution is 2.26. The summed E-state index contributed by atoms with van der Waals surface area (Å²) in [6, 6.07) is 13.0. The van der Waals surface area contributed by atoms with Crippen LogP contribution in [-0.2, 0) is 5.75 Å². The number of thioether (sulfide) groups is 1. The van der Waals surface area contributed by atoms with E-state index in [9.17, 15) is 0 Å². The molecule has 0 atom stereocenters. The fourth-order valence-electron chi connectivity index (χ4n) is 1.65. The molecule has 0 amide bonds. The molecule has 14 heavy (non-hydrogen) atoms. The van der Waals surface area contributed by atoms with Gasteiger partial charge in [-0.1, -0.05) is 30.3 Å². The summed E-state index contributed by atoms with van der Waals surface area (Å²) >= 11 is 4.29. The van der Waals surface area contributed by atoms with Crippen molar-refractivity contribution < 1.29 is 0 Å². The third kappa shape index (κ3) is 1.91.